The molecule has 0 spiro atoms. The topological polar surface area (TPSA) is 32.9 Å². The van der Waals surface area contributed by atoms with Gasteiger partial charge in [0.05, 0.1) is 0 Å². The van der Waals surface area contributed by atoms with Crippen LogP contribution < -0.4 is 5.43 Å². The first kappa shape index (κ1) is 16.0. The van der Waals surface area contributed by atoms with Crippen molar-refractivity contribution in [1.82, 2.24) is 4.98 Å². The van der Waals surface area contributed by atoms with E-state index >= 15 is 0 Å². The van der Waals surface area contributed by atoms with Gasteiger partial charge in [-0.3, -0.25) is 4.79 Å². The molecule has 1 N–H and O–H groups in total. The molecule has 0 atom stereocenters. The zero-order valence-corrected chi connectivity index (χ0v) is 13.6. The summed E-state index contributed by atoms with van der Waals surface area (Å²) in [7, 11) is 0. The molecular formula is C17H29NO. The molecule has 1 rings (SSSR count). The summed E-state index contributed by atoms with van der Waals surface area (Å²) in [5.74, 6) is 0. The lowest BCUT2D eigenvalue weighted by atomic mass is 9.77. The van der Waals surface area contributed by atoms with Gasteiger partial charge in [0.2, 0.25) is 0 Å². The van der Waals surface area contributed by atoms with Crippen LogP contribution in [-0.4, -0.2) is 4.98 Å². The highest BCUT2D eigenvalue weighted by atomic mass is 16.1. The average molecular weight is 263 g/mol. The number of hydrogen-bond acceptors (Lipinski definition) is 1. The van der Waals surface area contributed by atoms with E-state index in [0.29, 0.717) is 0 Å². The van der Waals surface area contributed by atoms with Crippen molar-refractivity contribution < 1.29 is 0 Å². The maximum atomic E-state index is 12.8. The number of nitrogens with one attached hydrogen (secondary N) is 1. The van der Waals surface area contributed by atoms with Gasteiger partial charge in [0.1, 0.15) is 0 Å². The highest BCUT2D eigenvalue weighted by molar-refractivity contribution is 5.35. The highest BCUT2D eigenvalue weighted by Crippen LogP contribution is 2.30. The van der Waals surface area contributed by atoms with Crippen LogP contribution in [-0.2, 0) is 17.3 Å². The van der Waals surface area contributed by atoms with E-state index in [1.165, 1.54) is 0 Å². The molecule has 0 unspecified atom stereocenters. The van der Waals surface area contributed by atoms with Crippen LogP contribution in [0.2, 0.25) is 0 Å². The number of rotatable bonds is 3. The first-order valence-corrected chi connectivity index (χ1v) is 7.34. The summed E-state index contributed by atoms with van der Waals surface area (Å²) in [6.45, 7) is 15.0. The molecule has 2 heteroatoms. The van der Waals surface area contributed by atoms with Crippen molar-refractivity contribution in [3.8, 4) is 0 Å². The van der Waals surface area contributed by atoms with Crippen molar-refractivity contribution in [3.05, 3.63) is 33.2 Å². The van der Waals surface area contributed by atoms with Gasteiger partial charge in [-0.1, -0.05) is 54.9 Å². The predicted octanol–water partition coefficient (Wildman–Crippen LogP) is 4.31. The van der Waals surface area contributed by atoms with Gasteiger partial charge in [-0.2, -0.15) is 0 Å². The Bertz CT molecular complexity index is 483. The molecule has 1 aromatic rings. The molecule has 0 radical (unpaired) electrons. The van der Waals surface area contributed by atoms with Gasteiger partial charge in [-0.25, -0.2) is 0 Å². The quantitative estimate of drug-likeness (QED) is 0.866. The summed E-state index contributed by atoms with van der Waals surface area (Å²) < 4.78 is 0. The standard InChI is InChI=1S/C17H29NO/c1-8-9-10-12-11-18-15(17(5,6)7)13(14(12)19)16(2,3)4/h11H,8-10H2,1-7H3,(H,18,19). The molecule has 0 saturated heterocycles. The molecule has 0 aromatic carbocycles. The lowest BCUT2D eigenvalue weighted by Crippen LogP contribution is -2.32. The third kappa shape index (κ3) is 3.71. The van der Waals surface area contributed by atoms with Crippen LogP contribution >= 0.6 is 0 Å². The van der Waals surface area contributed by atoms with E-state index in [0.717, 1.165) is 36.1 Å². The van der Waals surface area contributed by atoms with Crippen LogP contribution in [0.4, 0.5) is 0 Å². The van der Waals surface area contributed by atoms with Crippen LogP contribution in [0, 0.1) is 0 Å². The Balaban J connectivity index is 3.47. The number of hydrogen-bond donors (Lipinski definition) is 1. The molecule has 19 heavy (non-hydrogen) atoms. The fourth-order valence-electron chi connectivity index (χ4n) is 2.43. The Hall–Kier alpha value is -1.05. The first-order valence-electron chi connectivity index (χ1n) is 7.34. The summed E-state index contributed by atoms with van der Waals surface area (Å²) in [6, 6.07) is 0. The second kappa shape index (κ2) is 5.52. The van der Waals surface area contributed by atoms with Crippen LogP contribution in [0.3, 0.4) is 0 Å². The highest BCUT2D eigenvalue weighted by Gasteiger charge is 2.29. The number of aryl methyl sites for hydroxylation is 1. The van der Waals surface area contributed by atoms with Gasteiger partial charge < -0.3 is 4.98 Å². The number of unbranched alkanes of at least 4 members (excludes halogenated alkanes) is 1. The Morgan fingerprint density at radius 1 is 1.05 bits per heavy atom. The molecule has 0 fully saturated rings. The predicted molar refractivity (Wildman–Crippen MR) is 83.1 cm³/mol. The Labute approximate surface area is 117 Å². The van der Waals surface area contributed by atoms with Gasteiger partial charge in [0, 0.05) is 28.4 Å². The monoisotopic (exact) mass is 263 g/mol. The third-order valence-corrected chi connectivity index (χ3v) is 3.46. The van der Waals surface area contributed by atoms with Gasteiger partial charge in [-0.15, -0.1) is 0 Å². The average Bonchev–Trinajstić information content (AvgIpc) is 2.24. The molecule has 0 saturated carbocycles. The Kier molecular flexibility index (Phi) is 4.65. The van der Waals surface area contributed by atoms with Crippen LogP contribution in [0.25, 0.3) is 0 Å². The number of pyridine rings is 1. The van der Waals surface area contributed by atoms with Gasteiger partial charge in [-0.05, 0) is 18.3 Å². The zero-order chi connectivity index (χ0) is 14.8. The molecule has 0 bridgehead atoms. The molecule has 1 aromatic heterocycles. The van der Waals surface area contributed by atoms with Crippen molar-refractivity contribution in [2.45, 2.75) is 78.6 Å². The van der Waals surface area contributed by atoms with Crippen molar-refractivity contribution in [2.75, 3.05) is 0 Å². The molecule has 108 valence electrons. The van der Waals surface area contributed by atoms with Crippen molar-refractivity contribution in [1.29, 1.82) is 0 Å². The van der Waals surface area contributed by atoms with Crippen molar-refractivity contribution in [3.63, 3.8) is 0 Å². The lowest BCUT2D eigenvalue weighted by Gasteiger charge is -2.29. The largest absolute Gasteiger partial charge is 0.364 e. The SMILES string of the molecule is CCCCc1c[nH]c(C(C)(C)C)c(C(C)(C)C)c1=O. The normalized spacial score (nSPS) is 12.8. The maximum Gasteiger partial charge on any atom is 0.188 e. The zero-order valence-electron chi connectivity index (χ0n) is 13.6. The fourth-order valence-corrected chi connectivity index (χ4v) is 2.43. The summed E-state index contributed by atoms with van der Waals surface area (Å²) >= 11 is 0. The summed E-state index contributed by atoms with van der Waals surface area (Å²) in [6.07, 6.45) is 4.99. The number of aromatic amines is 1. The lowest BCUT2D eigenvalue weighted by molar-refractivity contribution is 0.508. The summed E-state index contributed by atoms with van der Waals surface area (Å²) in [5, 5.41) is 0. The van der Waals surface area contributed by atoms with E-state index in [4.69, 9.17) is 0 Å². The van der Waals surface area contributed by atoms with Crippen molar-refractivity contribution >= 4 is 0 Å². The first-order chi connectivity index (χ1) is 8.59. The van der Waals surface area contributed by atoms with E-state index in [-0.39, 0.29) is 16.3 Å². The van der Waals surface area contributed by atoms with E-state index in [2.05, 4.69) is 53.5 Å². The second-order valence-corrected chi connectivity index (χ2v) is 7.50. The van der Waals surface area contributed by atoms with Crippen LogP contribution in [0.1, 0.15) is 78.1 Å². The van der Waals surface area contributed by atoms with Gasteiger partial charge in [0.25, 0.3) is 0 Å². The molecular weight excluding hydrogens is 234 g/mol. The summed E-state index contributed by atoms with van der Waals surface area (Å²) in [5.41, 5.74) is 3.03. The van der Waals surface area contributed by atoms with Crippen LogP contribution in [0.5, 0.6) is 0 Å². The molecule has 0 aliphatic carbocycles. The molecule has 2 nitrogen and oxygen atoms in total. The van der Waals surface area contributed by atoms with Gasteiger partial charge in [0.15, 0.2) is 5.43 Å². The van der Waals surface area contributed by atoms with E-state index in [1.807, 2.05) is 6.20 Å². The minimum Gasteiger partial charge on any atom is -0.364 e. The fraction of sp³-hybridized carbons (Fsp3) is 0.706. The molecule has 0 aliphatic rings. The number of H-pyrrole nitrogens is 1. The van der Waals surface area contributed by atoms with Crippen LogP contribution in [0.15, 0.2) is 11.0 Å². The van der Waals surface area contributed by atoms with Gasteiger partial charge >= 0.3 is 0 Å². The van der Waals surface area contributed by atoms with E-state index in [9.17, 15) is 4.79 Å². The number of aromatic nitrogens is 1. The minimum absolute atomic E-state index is 0.0366. The third-order valence-electron chi connectivity index (χ3n) is 3.46. The Morgan fingerprint density at radius 3 is 2.05 bits per heavy atom. The van der Waals surface area contributed by atoms with E-state index in [1.54, 1.807) is 0 Å². The molecule has 1 heterocycles. The minimum atomic E-state index is -0.127. The second-order valence-electron chi connectivity index (χ2n) is 7.50. The molecule has 0 aliphatic heterocycles. The molecule has 0 amide bonds. The van der Waals surface area contributed by atoms with Crippen molar-refractivity contribution in [2.24, 2.45) is 0 Å². The van der Waals surface area contributed by atoms with E-state index < -0.39 is 0 Å². The summed E-state index contributed by atoms with van der Waals surface area (Å²) in [4.78, 5) is 16.2. The smallest absolute Gasteiger partial charge is 0.188 e. The Morgan fingerprint density at radius 2 is 1.63 bits per heavy atom. The maximum absolute atomic E-state index is 12.8.